The molecule has 0 aliphatic carbocycles. The smallest absolute Gasteiger partial charge is 0.0769 e. The normalized spacial score (nSPS) is 12.5. The average Bonchev–Trinajstić information content (AvgIpc) is 2.53. The molecule has 0 fully saturated rings. The largest absolute Gasteiger partial charge is 0.305 e. The molecular formula is C18H19N3. The highest BCUT2D eigenvalue weighted by Gasteiger charge is 2.17. The van der Waals surface area contributed by atoms with Crippen LogP contribution in [0.4, 0.5) is 0 Å². The SMILES string of the molecule is CCNC(c1cnc2ccccc2c1)c1ncccc1C. The lowest BCUT2D eigenvalue weighted by atomic mass is 10.00. The molecule has 2 aromatic heterocycles. The standard InChI is InChI=1S/C18H19N3/c1-3-19-18(17-13(2)7-6-10-20-17)15-11-14-8-4-5-9-16(14)21-12-15/h4-12,18-19H,3H2,1-2H3. The minimum atomic E-state index is 0.0771. The molecule has 2 heterocycles. The highest BCUT2D eigenvalue weighted by molar-refractivity contribution is 5.78. The average molecular weight is 277 g/mol. The van der Waals surface area contributed by atoms with E-state index in [4.69, 9.17) is 0 Å². The van der Waals surface area contributed by atoms with Crippen LogP contribution < -0.4 is 5.32 Å². The first-order chi connectivity index (χ1) is 10.3. The van der Waals surface area contributed by atoms with Crippen molar-refractivity contribution in [3.63, 3.8) is 0 Å². The fourth-order valence-electron chi connectivity index (χ4n) is 2.62. The highest BCUT2D eigenvalue weighted by Crippen LogP contribution is 2.24. The van der Waals surface area contributed by atoms with Gasteiger partial charge in [-0.2, -0.15) is 0 Å². The van der Waals surface area contributed by atoms with Crippen molar-refractivity contribution < 1.29 is 0 Å². The van der Waals surface area contributed by atoms with Crippen LogP contribution in [-0.2, 0) is 0 Å². The first kappa shape index (κ1) is 13.7. The van der Waals surface area contributed by atoms with Crippen molar-refractivity contribution in [3.05, 3.63) is 71.7 Å². The van der Waals surface area contributed by atoms with Crippen LogP contribution in [0.15, 0.2) is 54.9 Å². The van der Waals surface area contributed by atoms with E-state index in [0.717, 1.165) is 28.7 Å². The lowest BCUT2D eigenvalue weighted by Gasteiger charge is -2.19. The number of hydrogen-bond acceptors (Lipinski definition) is 3. The third-order valence-corrected chi connectivity index (χ3v) is 3.68. The topological polar surface area (TPSA) is 37.8 Å². The molecule has 3 aromatic rings. The van der Waals surface area contributed by atoms with E-state index in [2.05, 4.69) is 47.3 Å². The van der Waals surface area contributed by atoms with Gasteiger partial charge in [0.15, 0.2) is 0 Å². The Labute approximate surface area is 125 Å². The molecule has 1 aromatic carbocycles. The Kier molecular flexibility index (Phi) is 3.93. The molecule has 3 heteroatoms. The number of rotatable bonds is 4. The lowest BCUT2D eigenvalue weighted by molar-refractivity contribution is 0.611. The summed E-state index contributed by atoms with van der Waals surface area (Å²) >= 11 is 0. The molecule has 21 heavy (non-hydrogen) atoms. The second-order valence-electron chi connectivity index (χ2n) is 5.16. The third-order valence-electron chi connectivity index (χ3n) is 3.68. The minimum absolute atomic E-state index is 0.0771. The zero-order valence-corrected chi connectivity index (χ0v) is 12.4. The van der Waals surface area contributed by atoms with Gasteiger partial charge in [-0.15, -0.1) is 0 Å². The van der Waals surface area contributed by atoms with Gasteiger partial charge in [-0.1, -0.05) is 31.2 Å². The second kappa shape index (κ2) is 6.02. The minimum Gasteiger partial charge on any atom is -0.305 e. The van der Waals surface area contributed by atoms with Crippen molar-refractivity contribution in [3.8, 4) is 0 Å². The fourth-order valence-corrected chi connectivity index (χ4v) is 2.62. The van der Waals surface area contributed by atoms with E-state index in [1.807, 2.05) is 36.7 Å². The maximum atomic E-state index is 4.57. The summed E-state index contributed by atoms with van der Waals surface area (Å²) < 4.78 is 0. The second-order valence-corrected chi connectivity index (χ2v) is 5.16. The summed E-state index contributed by atoms with van der Waals surface area (Å²) in [6.07, 6.45) is 3.80. The number of para-hydroxylation sites is 1. The van der Waals surface area contributed by atoms with Crippen molar-refractivity contribution in [1.29, 1.82) is 0 Å². The molecule has 106 valence electrons. The van der Waals surface area contributed by atoms with Gasteiger partial charge >= 0.3 is 0 Å². The summed E-state index contributed by atoms with van der Waals surface area (Å²) in [5.74, 6) is 0. The van der Waals surface area contributed by atoms with Crippen molar-refractivity contribution in [2.75, 3.05) is 6.54 Å². The highest BCUT2D eigenvalue weighted by atomic mass is 14.9. The molecule has 3 rings (SSSR count). The Bertz CT molecular complexity index is 752. The van der Waals surface area contributed by atoms with Gasteiger partial charge in [-0.25, -0.2) is 0 Å². The first-order valence-electron chi connectivity index (χ1n) is 7.29. The zero-order chi connectivity index (χ0) is 14.7. The van der Waals surface area contributed by atoms with Crippen molar-refractivity contribution in [1.82, 2.24) is 15.3 Å². The van der Waals surface area contributed by atoms with E-state index < -0.39 is 0 Å². The van der Waals surface area contributed by atoms with Gasteiger partial charge in [0, 0.05) is 17.8 Å². The monoisotopic (exact) mass is 277 g/mol. The molecule has 0 aliphatic rings. The summed E-state index contributed by atoms with van der Waals surface area (Å²) in [6.45, 7) is 5.09. The molecule has 0 bridgehead atoms. The van der Waals surface area contributed by atoms with E-state index in [1.165, 1.54) is 5.56 Å². The van der Waals surface area contributed by atoms with E-state index >= 15 is 0 Å². The Balaban J connectivity index is 2.09. The van der Waals surface area contributed by atoms with Crippen LogP contribution >= 0.6 is 0 Å². The van der Waals surface area contributed by atoms with Crippen molar-refractivity contribution >= 4 is 10.9 Å². The van der Waals surface area contributed by atoms with Gasteiger partial charge < -0.3 is 5.32 Å². The molecule has 0 aliphatic heterocycles. The summed E-state index contributed by atoms with van der Waals surface area (Å²) in [6, 6.07) is 14.5. The van der Waals surface area contributed by atoms with Gasteiger partial charge in [0.1, 0.15) is 0 Å². The molecule has 0 amide bonds. The number of aryl methyl sites for hydroxylation is 1. The van der Waals surface area contributed by atoms with E-state index in [9.17, 15) is 0 Å². The van der Waals surface area contributed by atoms with Crippen LogP contribution in [0.3, 0.4) is 0 Å². The van der Waals surface area contributed by atoms with E-state index in [-0.39, 0.29) is 6.04 Å². The molecule has 0 radical (unpaired) electrons. The molecule has 1 N–H and O–H groups in total. The van der Waals surface area contributed by atoms with Crippen LogP contribution in [0.25, 0.3) is 10.9 Å². The van der Waals surface area contributed by atoms with E-state index in [0.29, 0.717) is 0 Å². The van der Waals surface area contributed by atoms with Crippen LogP contribution in [0.2, 0.25) is 0 Å². The zero-order valence-electron chi connectivity index (χ0n) is 12.4. The molecule has 0 spiro atoms. The number of nitrogens with one attached hydrogen (secondary N) is 1. The molecular weight excluding hydrogens is 258 g/mol. The molecule has 0 saturated heterocycles. The number of pyridine rings is 2. The van der Waals surface area contributed by atoms with Crippen molar-refractivity contribution in [2.45, 2.75) is 19.9 Å². The van der Waals surface area contributed by atoms with Gasteiger partial charge in [0.05, 0.1) is 17.3 Å². The van der Waals surface area contributed by atoms with E-state index in [1.54, 1.807) is 0 Å². The molecule has 3 nitrogen and oxygen atoms in total. The van der Waals surface area contributed by atoms with Crippen molar-refractivity contribution in [2.24, 2.45) is 0 Å². The lowest BCUT2D eigenvalue weighted by Crippen LogP contribution is -2.24. The maximum absolute atomic E-state index is 4.57. The molecule has 1 unspecified atom stereocenters. The maximum Gasteiger partial charge on any atom is 0.0769 e. The Morgan fingerprint density at radius 2 is 1.95 bits per heavy atom. The summed E-state index contributed by atoms with van der Waals surface area (Å²) in [5.41, 5.74) is 4.43. The summed E-state index contributed by atoms with van der Waals surface area (Å²) in [7, 11) is 0. The number of hydrogen-bond donors (Lipinski definition) is 1. The molecule has 1 atom stereocenters. The van der Waals surface area contributed by atoms with Gasteiger partial charge in [0.2, 0.25) is 0 Å². The summed E-state index contributed by atoms with van der Waals surface area (Å²) in [4.78, 5) is 9.14. The van der Waals surface area contributed by atoms with Gasteiger partial charge in [-0.3, -0.25) is 9.97 Å². The molecule has 0 saturated carbocycles. The number of nitrogens with zero attached hydrogens (tertiary/aromatic N) is 2. The van der Waals surface area contributed by atoms with Gasteiger partial charge in [0.25, 0.3) is 0 Å². The Hall–Kier alpha value is -2.26. The Morgan fingerprint density at radius 1 is 1.10 bits per heavy atom. The first-order valence-corrected chi connectivity index (χ1v) is 7.29. The predicted octanol–water partition coefficient (Wildman–Crippen LogP) is 3.64. The van der Waals surface area contributed by atoms with Crippen LogP contribution in [0, 0.1) is 6.92 Å². The number of fused-ring (bicyclic) bond motifs is 1. The predicted molar refractivity (Wildman–Crippen MR) is 86.2 cm³/mol. The quantitative estimate of drug-likeness (QED) is 0.791. The van der Waals surface area contributed by atoms with Crippen LogP contribution in [-0.4, -0.2) is 16.5 Å². The third kappa shape index (κ3) is 2.78. The van der Waals surface area contributed by atoms with Crippen LogP contribution in [0.1, 0.15) is 29.8 Å². The number of aromatic nitrogens is 2. The number of benzene rings is 1. The fraction of sp³-hybridized carbons (Fsp3) is 0.222. The Morgan fingerprint density at radius 3 is 2.76 bits per heavy atom. The van der Waals surface area contributed by atoms with Crippen LogP contribution in [0.5, 0.6) is 0 Å². The van der Waals surface area contributed by atoms with Gasteiger partial charge in [-0.05, 0) is 42.8 Å². The summed E-state index contributed by atoms with van der Waals surface area (Å²) in [5, 5.41) is 4.68.